The maximum Gasteiger partial charge on any atom is 0.291 e. The maximum absolute atomic E-state index is 12.6. The summed E-state index contributed by atoms with van der Waals surface area (Å²) in [5.41, 5.74) is 3.04. The van der Waals surface area contributed by atoms with E-state index in [1.807, 2.05) is 12.1 Å². The van der Waals surface area contributed by atoms with Crippen LogP contribution in [0.1, 0.15) is 41.1 Å². The van der Waals surface area contributed by atoms with E-state index in [-0.39, 0.29) is 30.1 Å². The fraction of sp³-hybridized carbons (Fsp3) is 0.240. The van der Waals surface area contributed by atoms with Gasteiger partial charge in [0.25, 0.3) is 5.91 Å². The molecular formula is C25H23N3O5. The van der Waals surface area contributed by atoms with Crippen molar-refractivity contribution in [2.75, 3.05) is 16.0 Å². The van der Waals surface area contributed by atoms with E-state index in [0.717, 1.165) is 24.1 Å². The third-order valence-electron chi connectivity index (χ3n) is 5.57. The highest BCUT2D eigenvalue weighted by atomic mass is 16.5. The van der Waals surface area contributed by atoms with Crippen LogP contribution < -0.4 is 20.7 Å². The van der Waals surface area contributed by atoms with Crippen molar-refractivity contribution in [2.45, 2.75) is 32.3 Å². The van der Waals surface area contributed by atoms with Gasteiger partial charge in [-0.05, 0) is 73.4 Å². The Labute approximate surface area is 190 Å². The van der Waals surface area contributed by atoms with Gasteiger partial charge in [-0.15, -0.1) is 0 Å². The monoisotopic (exact) mass is 445 g/mol. The van der Waals surface area contributed by atoms with E-state index in [0.29, 0.717) is 35.7 Å². The smallest absolute Gasteiger partial charge is 0.291 e. The number of amides is 3. The fourth-order valence-electron chi connectivity index (χ4n) is 3.64. The lowest BCUT2D eigenvalue weighted by Gasteiger charge is -2.17. The van der Waals surface area contributed by atoms with Crippen molar-refractivity contribution in [3.63, 3.8) is 0 Å². The molecule has 168 valence electrons. The summed E-state index contributed by atoms with van der Waals surface area (Å²) in [6, 6.07) is 15.8. The molecule has 33 heavy (non-hydrogen) atoms. The number of rotatable bonds is 7. The summed E-state index contributed by atoms with van der Waals surface area (Å²) in [5.74, 6) is 1.08. The maximum atomic E-state index is 12.6. The first-order valence-corrected chi connectivity index (χ1v) is 10.9. The fourth-order valence-corrected chi connectivity index (χ4v) is 3.64. The minimum Gasteiger partial charge on any atom is -0.486 e. The predicted molar refractivity (Wildman–Crippen MR) is 122 cm³/mol. The Balaban J connectivity index is 1.17. The number of hydrogen-bond acceptors (Lipinski definition) is 5. The normalized spacial score (nSPS) is 14.7. The summed E-state index contributed by atoms with van der Waals surface area (Å²) in [6.45, 7) is 0.168. The van der Waals surface area contributed by atoms with Crippen LogP contribution in [0.15, 0.2) is 59.0 Å². The van der Waals surface area contributed by atoms with E-state index in [2.05, 4.69) is 16.0 Å². The van der Waals surface area contributed by atoms with Gasteiger partial charge in [-0.25, -0.2) is 0 Å². The molecule has 1 saturated carbocycles. The quantitative estimate of drug-likeness (QED) is 0.501. The molecule has 1 aliphatic carbocycles. The van der Waals surface area contributed by atoms with Gasteiger partial charge in [0.15, 0.2) is 5.76 Å². The molecule has 2 heterocycles. The second kappa shape index (κ2) is 8.82. The Bertz CT molecular complexity index is 1230. The van der Waals surface area contributed by atoms with Gasteiger partial charge in [0.1, 0.15) is 18.1 Å². The van der Waals surface area contributed by atoms with E-state index in [1.165, 1.54) is 0 Å². The van der Waals surface area contributed by atoms with Gasteiger partial charge in [0.05, 0.1) is 0 Å². The zero-order valence-corrected chi connectivity index (χ0v) is 17.9. The minimum atomic E-state index is -0.392. The molecule has 0 atom stereocenters. The number of nitrogens with one attached hydrogen (secondary N) is 3. The molecule has 3 aromatic rings. The molecule has 0 saturated heterocycles. The highest BCUT2D eigenvalue weighted by molar-refractivity contribution is 6.03. The van der Waals surface area contributed by atoms with Gasteiger partial charge in [-0.3, -0.25) is 14.4 Å². The first-order chi connectivity index (χ1) is 16.0. The van der Waals surface area contributed by atoms with Crippen molar-refractivity contribution in [1.29, 1.82) is 0 Å². The standard InChI is InChI=1S/C25H23N3O5/c29-23-11-6-16-12-19(7-9-21(16)28-23)32-14-20-8-10-22(33-20)25(31)27-18-3-1-2-17(13-18)26-24(30)15-4-5-15/h1-3,7-10,12-13,15H,4-6,11,14H2,(H,26,30)(H,27,31)(H,28,29). The van der Waals surface area contributed by atoms with Gasteiger partial charge in [0.2, 0.25) is 11.8 Å². The molecule has 1 aliphatic heterocycles. The lowest BCUT2D eigenvalue weighted by molar-refractivity contribution is -0.117. The van der Waals surface area contributed by atoms with Crippen molar-refractivity contribution in [1.82, 2.24) is 0 Å². The van der Waals surface area contributed by atoms with E-state index in [4.69, 9.17) is 9.15 Å². The topological polar surface area (TPSA) is 110 Å². The number of fused-ring (bicyclic) bond motifs is 1. The van der Waals surface area contributed by atoms with E-state index >= 15 is 0 Å². The molecule has 8 nitrogen and oxygen atoms in total. The Morgan fingerprint density at radius 1 is 1.00 bits per heavy atom. The lowest BCUT2D eigenvalue weighted by atomic mass is 10.0. The molecule has 3 amide bonds. The molecule has 1 aromatic heterocycles. The number of ether oxygens (including phenoxy) is 1. The summed E-state index contributed by atoms with van der Waals surface area (Å²) in [7, 11) is 0. The Morgan fingerprint density at radius 2 is 1.82 bits per heavy atom. The number of aryl methyl sites for hydroxylation is 1. The zero-order chi connectivity index (χ0) is 22.8. The summed E-state index contributed by atoms with van der Waals surface area (Å²) < 4.78 is 11.4. The number of furan rings is 1. The van der Waals surface area contributed by atoms with Crippen molar-refractivity contribution < 1.29 is 23.5 Å². The van der Waals surface area contributed by atoms with Crippen molar-refractivity contribution in [3.05, 3.63) is 71.7 Å². The van der Waals surface area contributed by atoms with Crippen LogP contribution in [0.2, 0.25) is 0 Å². The summed E-state index contributed by atoms with van der Waals surface area (Å²) in [6.07, 6.45) is 2.99. The third-order valence-corrected chi connectivity index (χ3v) is 5.57. The van der Waals surface area contributed by atoms with Crippen LogP contribution in [-0.2, 0) is 22.6 Å². The van der Waals surface area contributed by atoms with Crippen LogP contribution in [0.3, 0.4) is 0 Å². The van der Waals surface area contributed by atoms with Crippen LogP contribution in [-0.4, -0.2) is 17.7 Å². The average molecular weight is 445 g/mol. The molecule has 5 rings (SSSR count). The summed E-state index contributed by atoms with van der Waals surface area (Å²) in [4.78, 5) is 36.0. The minimum absolute atomic E-state index is 0.0119. The Kier molecular flexibility index (Phi) is 5.56. The molecule has 2 aromatic carbocycles. The second-order valence-electron chi connectivity index (χ2n) is 8.22. The molecule has 0 radical (unpaired) electrons. The summed E-state index contributed by atoms with van der Waals surface area (Å²) >= 11 is 0. The van der Waals surface area contributed by atoms with Crippen molar-refractivity contribution >= 4 is 34.8 Å². The van der Waals surface area contributed by atoms with E-state index in [1.54, 1.807) is 42.5 Å². The SMILES string of the molecule is O=C1CCc2cc(OCc3ccc(C(=O)Nc4cccc(NC(=O)C5CC5)c4)o3)ccc2N1. The first kappa shape index (κ1) is 20.8. The van der Waals surface area contributed by atoms with Gasteiger partial charge in [-0.1, -0.05) is 6.07 Å². The molecule has 8 heteroatoms. The lowest BCUT2D eigenvalue weighted by Crippen LogP contribution is -2.18. The predicted octanol–water partition coefficient (Wildman–Crippen LogP) is 4.34. The number of hydrogen-bond donors (Lipinski definition) is 3. The highest BCUT2D eigenvalue weighted by Gasteiger charge is 2.29. The van der Waals surface area contributed by atoms with Crippen LogP contribution in [0.5, 0.6) is 5.75 Å². The average Bonchev–Trinajstić information content (AvgIpc) is 3.56. The third kappa shape index (κ3) is 5.06. The van der Waals surface area contributed by atoms with Gasteiger partial charge in [0, 0.05) is 29.4 Å². The van der Waals surface area contributed by atoms with Crippen LogP contribution in [0.4, 0.5) is 17.1 Å². The molecule has 0 spiro atoms. The molecule has 0 unspecified atom stereocenters. The first-order valence-electron chi connectivity index (χ1n) is 10.9. The Hall–Kier alpha value is -4.07. The summed E-state index contributed by atoms with van der Waals surface area (Å²) in [5, 5.41) is 8.49. The largest absolute Gasteiger partial charge is 0.486 e. The number of carbonyl (C=O) groups is 3. The molecule has 0 bridgehead atoms. The molecule has 2 aliphatic rings. The number of carbonyl (C=O) groups excluding carboxylic acids is 3. The van der Waals surface area contributed by atoms with Crippen LogP contribution in [0, 0.1) is 5.92 Å². The highest BCUT2D eigenvalue weighted by Crippen LogP contribution is 2.30. The van der Waals surface area contributed by atoms with Crippen molar-refractivity contribution in [2.24, 2.45) is 5.92 Å². The van der Waals surface area contributed by atoms with Crippen molar-refractivity contribution in [3.8, 4) is 5.75 Å². The van der Waals surface area contributed by atoms with Crippen LogP contribution >= 0.6 is 0 Å². The number of benzene rings is 2. The zero-order valence-electron chi connectivity index (χ0n) is 17.9. The van der Waals surface area contributed by atoms with Gasteiger partial charge < -0.3 is 25.1 Å². The Morgan fingerprint density at radius 3 is 2.64 bits per heavy atom. The molecule has 1 fully saturated rings. The van der Waals surface area contributed by atoms with Crippen LogP contribution in [0.25, 0.3) is 0 Å². The number of anilines is 3. The van der Waals surface area contributed by atoms with E-state index in [9.17, 15) is 14.4 Å². The van der Waals surface area contributed by atoms with E-state index < -0.39 is 5.91 Å². The second-order valence-corrected chi connectivity index (χ2v) is 8.22. The molecular weight excluding hydrogens is 422 g/mol. The molecule has 3 N–H and O–H groups in total. The van der Waals surface area contributed by atoms with Gasteiger partial charge >= 0.3 is 0 Å². The van der Waals surface area contributed by atoms with Gasteiger partial charge in [-0.2, -0.15) is 0 Å².